The predicted octanol–water partition coefficient (Wildman–Crippen LogP) is 2.90. The van der Waals surface area contributed by atoms with Gasteiger partial charge in [-0.05, 0) is 30.4 Å². The van der Waals surface area contributed by atoms with Crippen LogP contribution in [0.4, 0.5) is 0 Å². The zero-order valence-corrected chi connectivity index (χ0v) is 9.36. The second-order valence-electron chi connectivity index (χ2n) is 3.95. The van der Waals surface area contributed by atoms with Crippen molar-refractivity contribution in [2.45, 2.75) is 33.1 Å². The summed E-state index contributed by atoms with van der Waals surface area (Å²) in [5.74, 6) is -0.962. The molecule has 1 aromatic carbocycles. The number of rotatable bonds is 5. The third kappa shape index (κ3) is 3.74. The fourth-order valence-electron chi connectivity index (χ4n) is 1.45. The molecule has 82 valence electrons. The van der Waals surface area contributed by atoms with Gasteiger partial charge in [0, 0.05) is 0 Å². The van der Waals surface area contributed by atoms with Gasteiger partial charge in [0.2, 0.25) is 0 Å². The van der Waals surface area contributed by atoms with Crippen molar-refractivity contribution in [2.75, 3.05) is 0 Å². The summed E-state index contributed by atoms with van der Waals surface area (Å²) < 4.78 is 0. The Kier molecular flexibility index (Phi) is 4.35. The minimum Gasteiger partial charge on any atom is -0.481 e. The first-order valence-corrected chi connectivity index (χ1v) is 5.44. The van der Waals surface area contributed by atoms with E-state index >= 15 is 0 Å². The van der Waals surface area contributed by atoms with Gasteiger partial charge in [0.15, 0.2) is 0 Å². The van der Waals surface area contributed by atoms with Gasteiger partial charge < -0.3 is 5.11 Å². The number of aliphatic carboxylic acids is 1. The van der Waals surface area contributed by atoms with Crippen molar-refractivity contribution in [3.8, 4) is 0 Å². The monoisotopic (exact) mass is 206 g/mol. The Balaban J connectivity index is 2.47. The highest BCUT2D eigenvalue weighted by molar-refractivity contribution is 5.69. The summed E-state index contributed by atoms with van der Waals surface area (Å²) in [6.07, 6.45) is 2.60. The molecule has 2 nitrogen and oxygen atoms in total. The van der Waals surface area contributed by atoms with Crippen LogP contribution in [0, 0.1) is 5.92 Å². The third-order valence-electron chi connectivity index (χ3n) is 2.72. The number of hydrogen-bond acceptors (Lipinski definition) is 1. The summed E-state index contributed by atoms with van der Waals surface area (Å²) in [6, 6.07) is 8.41. The molecule has 1 unspecified atom stereocenters. The van der Waals surface area contributed by atoms with E-state index in [9.17, 15) is 4.79 Å². The lowest BCUT2D eigenvalue weighted by Crippen LogP contribution is -2.10. The zero-order valence-electron chi connectivity index (χ0n) is 9.36. The number of aryl methyl sites for hydroxylation is 2. The van der Waals surface area contributed by atoms with Crippen molar-refractivity contribution >= 4 is 5.97 Å². The van der Waals surface area contributed by atoms with Gasteiger partial charge in [-0.2, -0.15) is 0 Å². The van der Waals surface area contributed by atoms with Gasteiger partial charge >= 0.3 is 5.97 Å². The molecule has 0 aliphatic carbocycles. The molecule has 15 heavy (non-hydrogen) atoms. The molecule has 0 aromatic heterocycles. The number of carboxylic acids is 1. The minimum absolute atomic E-state index is 0.254. The van der Waals surface area contributed by atoms with Gasteiger partial charge in [0.1, 0.15) is 0 Å². The Hall–Kier alpha value is -1.31. The van der Waals surface area contributed by atoms with Crippen LogP contribution in [0.3, 0.4) is 0 Å². The number of carbonyl (C=O) groups is 1. The van der Waals surface area contributed by atoms with Gasteiger partial charge in [-0.3, -0.25) is 4.79 Å². The predicted molar refractivity (Wildman–Crippen MR) is 60.9 cm³/mol. The lowest BCUT2D eigenvalue weighted by Gasteiger charge is -2.06. The average Bonchev–Trinajstić information content (AvgIpc) is 2.26. The second-order valence-corrected chi connectivity index (χ2v) is 3.95. The van der Waals surface area contributed by atoms with E-state index in [1.165, 1.54) is 11.1 Å². The Morgan fingerprint density at radius 3 is 2.27 bits per heavy atom. The van der Waals surface area contributed by atoms with Crippen LogP contribution < -0.4 is 0 Å². The first-order chi connectivity index (χ1) is 7.13. The van der Waals surface area contributed by atoms with Gasteiger partial charge in [0.05, 0.1) is 5.92 Å². The Morgan fingerprint density at radius 1 is 1.27 bits per heavy atom. The highest BCUT2D eigenvalue weighted by Gasteiger charge is 2.10. The van der Waals surface area contributed by atoms with E-state index in [0.29, 0.717) is 6.42 Å². The first-order valence-electron chi connectivity index (χ1n) is 5.44. The molecule has 0 radical (unpaired) electrons. The molecule has 0 saturated heterocycles. The number of hydrogen-bond donors (Lipinski definition) is 1. The van der Waals surface area contributed by atoms with Crippen LogP contribution in [0.15, 0.2) is 24.3 Å². The maximum absolute atomic E-state index is 10.6. The van der Waals surface area contributed by atoms with Crippen LogP contribution in [0.2, 0.25) is 0 Å². The van der Waals surface area contributed by atoms with E-state index < -0.39 is 5.97 Å². The Morgan fingerprint density at radius 2 is 1.80 bits per heavy atom. The van der Waals surface area contributed by atoms with Gasteiger partial charge in [-0.25, -0.2) is 0 Å². The average molecular weight is 206 g/mol. The molecule has 1 rings (SSSR count). The van der Waals surface area contributed by atoms with Crippen molar-refractivity contribution in [3.05, 3.63) is 35.4 Å². The minimum atomic E-state index is -0.708. The molecule has 0 fully saturated rings. The largest absolute Gasteiger partial charge is 0.481 e. The van der Waals surface area contributed by atoms with Crippen LogP contribution in [-0.2, 0) is 17.6 Å². The highest BCUT2D eigenvalue weighted by atomic mass is 16.4. The number of benzene rings is 1. The molecular formula is C13H18O2. The standard InChI is InChI=1S/C13H18O2/c1-3-11-6-8-12(9-7-11)5-4-10(2)13(14)15/h6-10H,3-5H2,1-2H3,(H,14,15). The van der Waals surface area contributed by atoms with E-state index in [-0.39, 0.29) is 5.92 Å². The highest BCUT2D eigenvalue weighted by Crippen LogP contribution is 2.11. The lowest BCUT2D eigenvalue weighted by molar-refractivity contribution is -0.141. The summed E-state index contributed by atoms with van der Waals surface area (Å²) in [5.41, 5.74) is 2.55. The van der Waals surface area contributed by atoms with Crippen LogP contribution in [0.25, 0.3) is 0 Å². The second kappa shape index (κ2) is 5.54. The zero-order chi connectivity index (χ0) is 11.3. The molecule has 1 N–H and O–H groups in total. The summed E-state index contributed by atoms with van der Waals surface area (Å²) >= 11 is 0. The summed E-state index contributed by atoms with van der Waals surface area (Å²) in [5, 5.41) is 8.74. The summed E-state index contributed by atoms with van der Waals surface area (Å²) in [4.78, 5) is 10.6. The Bertz CT molecular complexity index is 314. The fourth-order valence-corrected chi connectivity index (χ4v) is 1.45. The van der Waals surface area contributed by atoms with Crippen molar-refractivity contribution in [1.82, 2.24) is 0 Å². The maximum atomic E-state index is 10.6. The van der Waals surface area contributed by atoms with Crippen molar-refractivity contribution in [2.24, 2.45) is 5.92 Å². The smallest absolute Gasteiger partial charge is 0.306 e. The molecule has 0 bridgehead atoms. The first kappa shape index (κ1) is 11.8. The number of carboxylic acid groups (broad SMARTS) is 1. The molecule has 2 heteroatoms. The third-order valence-corrected chi connectivity index (χ3v) is 2.72. The molecule has 0 saturated carbocycles. The topological polar surface area (TPSA) is 37.3 Å². The molecule has 0 aliphatic heterocycles. The fraction of sp³-hybridized carbons (Fsp3) is 0.462. The van der Waals surface area contributed by atoms with Gasteiger partial charge in [-0.1, -0.05) is 38.1 Å². The molecule has 0 spiro atoms. The molecule has 0 aliphatic rings. The lowest BCUT2D eigenvalue weighted by atomic mass is 10.00. The van der Waals surface area contributed by atoms with Crippen molar-refractivity contribution in [1.29, 1.82) is 0 Å². The SMILES string of the molecule is CCc1ccc(CCC(C)C(=O)O)cc1. The van der Waals surface area contributed by atoms with E-state index in [0.717, 1.165) is 12.8 Å². The van der Waals surface area contributed by atoms with Gasteiger partial charge in [-0.15, -0.1) is 0 Å². The molecule has 1 aromatic rings. The van der Waals surface area contributed by atoms with E-state index in [2.05, 4.69) is 31.2 Å². The van der Waals surface area contributed by atoms with E-state index in [1.807, 2.05) is 0 Å². The van der Waals surface area contributed by atoms with Crippen LogP contribution in [-0.4, -0.2) is 11.1 Å². The van der Waals surface area contributed by atoms with E-state index in [4.69, 9.17) is 5.11 Å². The molecule has 0 amide bonds. The van der Waals surface area contributed by atoms with E-state index in [1.54, 1.807) is 6.92 Å². The molecular weight excluding hydrogens is 188 g/mol. The van der Waals surface area contributed by atoms with Crippen LogP contribution >= 0.6 is 0 Å². The molecule has 1 atom stereocenters. The maximum Gasteiger partial charge on any atom is 0.306 e. The normalized spacial score (nSPS) is 12.4. The Labute approximate surface area is 90.9 Å². The van der Waals surface area contributed by atoms with Crippen molar-refractivity contribution < 1.29 is 9.90 Å². The summed E-state index contributed by atoms with van der Waals surface area (Å²) in [7, 11) is 0. The van der Waals surface area contributed by atoms with Crippen LogP contribution in [0.5, 0.6) is 0 Å². The van der Waals surface area contributed by atoms with Gasteiger partial charge in [0.25, 0.3) is 0 Å². The van der Waals surface area contributed by atoms with Crippen LogP contribution in [0.1, 0.15) is 31.4 Å². The van der Waals surface area contributed by atoms with Crippen molar-refractivity contribution in [3.63, 3.8) is 0 Å². The quantitative estimate of drug-likeness (QED) is 0.804. The molecule has 0 heterocycles. The summed E-state index contributed by atoms with van der Waals surface area (Å²) in [6.45, 7) is 3.88.